The standard InChI is InChI=1S/C37H39N3O6S/c1-5-6-22-46-30-17-13-28(14-18-30)38-35(41)25(2)47-31-19-15-29(16-20-31)39-37(43)32(40-36(42)27-10-8-7-9-11-27)23-26-12-21-33(44-3)34(24-26)45-4/h7-21,23-25H,5-6,22H2,1-4H3,(H,38,41)(H,39,43)(H,40,42)/b32-23-. The molecule has 0 radical (unpaired) electrons. The van der Waals surface area contributed by atoms with Crippen LogP contribution >= 0.6 is 11.8 Å². The van der Waals surface area contributed by atoms with Gasteiger partial charge in [0.25, 0.3) is 11.8 Å². The molecule has 1 unspecified atom stereocenters. The number of nitrogens with one attached hydrogen (secondary N) is 3. The van der Waals surface area contributed by atoms with Gasteiger partial charge in [0, 0.05) is 21.8 Å². The molecule has 244 valence electrons. The van der Waals surface area contributed by atoms with Gasteiger partial charge in [-0.3, -0.25) is 14.4 Å². The molecule has 0 aliphatic carbocycles. The van der Waals surface area contributed by atoms with Crippen molar-refractivity contribution in [3.8, 4) is 17.2 Å². The van der Waals surface area contributed by atoms with E-state index in [1.807, 2.05) is 49.4 Å². The summed E-state index contributed by atoms with van der Waals surface area (Å²) in [7, 11) is 3.06. The van der Waals surface area contributed by atoms with E-state index in [2.05, 4.69) is 22.9 Å². The quantitative estimate of drug-likeness (QED) is 0.0695. The zero-order valence-electron chi connectivity index (χ0n) is 26.9. The Morgan fingerprint density at radius 1 is 0.809 bits per heavy atom. The molecule has 1 atom stereocenters. The van der Waals surface area contributed by atoms with Crippen molar-refractivity contribution in [2.45, 2.75) is 36.8 Å². The van der Waals surface area contributed by atoms with Crippen molar-refractivity contribution in [1.82, 2.24) is 5.32 Å². The zero-order chi connectivity index (χ0) is 33.6. The van der Waals surface area contributed by atoms with Crippen LogP contribution in [0.5, 0.6) is 17.2 Å². The molecule has 10 heteroatoms. The summed E-state index contributed by atoms with van der Waals surface area (Å²) in [6, 6.07) is 28.3. The predicted molar refractivity (Wildman–Crippen MR) is 187 cm³/mol. The van der Waals surface area contributed by atoms with Crippen molar-refractivity contribution >= 4 is 46.9 Å². The maximum absolute atomic E-state index is 13.5. The lowest BCUT2D eigenvalue weighted by Crippen LogP contribution is -2.30. The number of hydrogen-bond donors (Lipinski definition) is 3. The van der Waals surface area contributed by atoms with Gasteiger partial charge in [-0.1, -0.05) is 37.6 Å². The Bertz CT molecular complexity index is 1680. The van der Waals surface area contributed by atoms with E-state index in [0.29, 0.717) is 40.6 Å². The van der Waals surface area contributed by atoms with Gasteiger partial charge in [0.1, 0.15) is 11.4 Å². The highest BCUT2D eigenvalue weighted by Gasteiger charge is 2.17. The summed E-state index contributed by atoms with van der Waals surface area (Å²) in [5.41, 5.74) is 2.28. The predicted octanol–water partition coefficient (Wildman–Crippen LogP) is 7.41. The number of anilines is 2. The molecule has 4 rings (SSSR count). The molecule has 0 aromatic heterocycles. The number of benzene rings is 4. The normalized spacial score (nSPS) is 11.6. The van der Waals surface area contributed by atoms with Crippen LogP contribution in [0.4, 0.5) is 11.4 Å². The fraction of sp³-hybridized carbons (Fsp3) is 0.216. The molecule has 0 aliphatic rings. The highest BCUT2D eigenvalue weighted by atomic mass is 32.2. The molecule has 4 aromatic carbocycles. The molecule has 0 aliphatic heterocycles. The largest absolute Gasteiger partial charge is 0.494 e. The molecule has 0 saturated heterocycles. The maximum atomic E-state index is 13.5. The number of methoxy groups -OCH3 is 2. The molecule has 0 spiro atoms. The summed E-state index contributed by atoms with van der Waals surface area (Å²) in [4.78, 5) is 40.1. The maximum Gasteiger partial charge on any atom is 0.272 e. The van der Waals surface area contributed by atoms with E-state index < -0.39 is 11.8 Å². The van der Waals surface area contributed by atoms with Gasteiger partial charge in [0.2, 0.25) is 5.91 Å². The van der Waals surface area contributed by atoms with Gasteiger partial charge in [0.15, 0.2) is 11.5 Å². The number of rotatable bonds is 15. The van der Waals surface area contributed by atoms with Gasteiger partial charge >= 0.3 is 0 Å². The number of amides is 3. The fourth-order valence-corrected chi connectivity index (χ4v) is 5.20. The topological polar surface area (TPSA) is 115 Å². The van der Waals surface area contributed by atoms with E-state index in [1.54, 1.807) is 60.7 Å². The van der Waals surface area contributed by atoms with E-state index in [0.717, 1.165) is 23.5 Å². The first-order valence-electron chi connectivity index (χ1n) is 15.2. The smallest absolute Gasteiger partial charge is 0.272 e. The first kappa shape index (κ1) is 34.6. The van der Waals surface area contributed by atoms with Crippen LogP contribution in [0.25, 0.3) is 6.08 Å². The van der Waals surface area contributed by atoms with Crippen molar-refractivity contribution in [3.63, 3.8) is 0 Å². The monoisotopic (exact) mass is 653 g/mol. The molecule has 47 heavy (non-hydrogen) atoms. The van der Waals surface area contributed by atoms with Gasteiger partial charge in [-0.15, -0.1) is 11.8 Å². The van der Waals surface area contributed by atoms with E-state index in [4.69, 9.17) is 14.2 Å². The number of ether oxygens (including phenoxy) is 3. The molecular weight excluding hydrogens is 614 g/mol. The van der Waals surface area contributed by atoms with Crippen molar-refractivity contribution in [2.24, 2.45) is 0 Å². The molecule has 0 fully saturated rings. The van der Waals surface area contributed by atoms with Crippen LogP contribution < -0.4 is 30.2 Å². The van der Waals surface area contributed by atoms with Crippen LogP contribution in [-0.2, 0) is 9.59 Å². The summed E-state index contributed by atoms with van der Waals surface area (Å²) in [6.07, 6.45) is 3.62. The Hall–Kier alpha value is -5.22. The van der Waals surface area contributed by atoms with Gasteiger partial charge < -0.3 is 30.2 Å². The van der Waals surface area contributed by atoms with Crippen LogP contribution in [0.1, 0.15) is 42.6 Å². The lowest BCUT2D eigenvalue weighted by molar-refractivity contribution is -0.115. The van der Waals surface area contributed by atoms with E-state index >= 15 is 0 Å². The average Bonchev–Trinajstić information content (AvgIpc) is 3.09. The van der Waals surface area contributed by atoms with Crippen LogP contribution in [0.2, 0.25) is 0 Å². The number of hydrogen-bond acceptors (Lipinski definition) is 7. The minimum Gasteiger partial charge on any atom is -0.494 e. The summed E-state index contributed by atoms with van der Waals surface area (Å²) in [5, 5.41) is 8.15. The highest BCUT2D eigenvalue weighted by molar-refractivity contribution is 8.00. The second-order valence-electron chi connectivity index (χ2n) is 10.4. The van der Waals surface area contributed by atoms with E-state index in [9.17, 15) is 14.4 Å². The summed E-state index contributed by atoms with van der Waals surface area (Å²) < 4.78 is 16.4. The fourth-order valence-electron chi connectivity index (χ4n) is 4.34. The Kier molecular flexibility index (Phi) is 12.9. The van der Waals surface area contributed by atoms with Crippen LogP contribution in [0, 0.1) is 0 Å². The average molecular weight is 654 g/mol. The van der Waals surface area contributed by atoms with Crippen molar-refractivity contribution in [3.05, 3.63) is 114 Å². The van der Waals surface area contributed by atoms with Crippen LogP contribution in [-0.4, -0.2) is 43.8 Å². The van der Waals surface area contributed by atoms with Crippen LogP contribution in [0.15, 0.2) is 108 Å². The molecule has 0 bridgehead atoms. The van der Waals surface area contributed by atoms with E-state index in [1.165, 1.54) is 26.0 Å². The van der Waals surface area contributed by atoms with Crippen molar-refractivity contribution < 1.29 is 28.6 Å². The van der Waals surface area contributed by atoms with Crippen LogP contribution in [0.3, 0.4) is 0 Å². The molecule has 3 amide bonds. The van der Waals surface area contributed by atoms with Gasteiger partial charge in [-0.05, 0) is 97.8 Å². The first-order chi connectivity index (χ1) is 22.8. The second kappa shape index (κ2) is 17.5. The van der Waals surface area contributed by atoms with Gasteiger partial charge in [-0.25, -0.2) is 0 Å². The molecule has 0 heterocycles. The lowest BCUT2D eigenvalue weighted by atomic mass is 10.1. The minimum absolute atomic E-state index is 0.0374. The molecule has 4 aromatic rings. The molecule has 0 saturated carbocycles. The third-order valence-electron chi connectivity index (χ3n) is 6.93. The third kappa shape index (κ3) is 10.4. The zero-order valence-corrected chi connectivity index (χ0v) is 27.7. The van der Waals surface area contributed by atoms with Crippen molar-refractivity contribution in [1.29, 1.82) is 0 Å². The molecule has 9 nitrogen and oxygen atoms in total. The number of unbranched alkanes of at least 4 members (excludes halogenated alkanes) is 1. The highest BCUT2D eigenvalue weighted by Crippen LogP contribution is 2.29. The number of thioether (sulfide) groups is 1. The second-order valence-corrected chi connectivity index (χ2v) is 11.9. The van der Waals surface area contributed by atoms with Crippen molar-refractivity contribution in [2.75, 3.05) is 31.5 Å². The molecular formula is C37H39N3O6S. The third-order valence-corrected chi connectivity index (χ3v) is 8.04. The Morgan fingerprint density at radius 3 is 2.13 bits per heavy atom. The Labute approximate surface area is 279 Å². The lowest BCUT2D eigenvalue weighted by Gasteiger charge is -2.14. The number of carbonyl (C=O) groups excluding carboxylic acids is 3. The first-order valence-corrected chi connectivity index (χ1v) is 16.1. The van der Waals surface area contributed by atoms with Gasteiger partial charge in [0.05, 0.1) is 26.1 Å². The molecule has 3 N–H and O–H groups in total. The summed E-state index contributed by atoms with van der Waals surface area (Å²) in [6.45, 7) is 4.61. The number of carbonyl (C=O) groups is 3. The SMILES string of the molecule is CCCCOc1ccc(NC(=O)C(C)Sc2ccc(NC(=O)/C(=C/c3ccc(OC)c(OC)c3)NC(=O)c3ccccc3)cc2)cc1. The summed E-state index contributed by atoms with van der Waals surface area (Å²) >= 11 is 1.40. The minimum atomic E-state index is -0.515. The Morgan fingerprint density at radius 2 is 1.47 bits per heavy atom. The summed E-state index contributed by atoms with van der Waals surface area (Å²) in [5.74, 6) is 0.716. The Balaban J connectivity index is 1.41. The van der Waals surface area contributed by atoms with E-state index in [-0.39, 0.29) is 16.9 Å². The van der Waals surface area contributed by atoms with Gasteiger partial charge in [-0.2, -0.15) is 0 Å².